The fraction of sp³-hybridized carbons (Fsp3) is 0.286. The Hall–Kier alpha value is -2.59. The fourth-order valence-electron chi connectivity index (χ4n) is 3.50. The van der Waals surface area contributed by atoms with Crippen LogP contribution in [-0.4, -0.2) is 22.0 Å². The Kier molecular flexibility index (Phi) is 4.28. The van der Waals surface area contributed by atoms with Gasteiger partial charge < -0.3 is 9.84 Å². The lowest BCUT2D eigenvalue weighted by atomic mass is 9.91. The largest absolute Gasteiger partial charge is 0.507 e. The summed E-state index contributed by atoms with van der Waals surface area (Å²) < 4.78 is 6.88. The van der Waals surface area contributed by atoms with Gasteiger partial charge in [0.15, 0.2) is 0 Å². The second kappa shape index (κ2) is 6.73. The van der Waals surface area contributed by atoms with Gasteiger partial charge in [0, 0.05) is 18.9 Å². The molecule has 128 valence electrons. The van der Waals surface area contributed by atoms with Crippen molar-refractivity contribution in [1.82, 2.24) is 9.78 Å². The zero-order valence-corrected chi connectivity index (χ0v) is 14.4. The number of benzene rings is 2. The highest BCUT2D eigenvalue weighted by Crippen LogP contribution is 2.36. The maximum absolute atomic E-state index is 10.9. The van der Waals surface area contributed by atoms with Crippen LogP contribution >= 0.6 is 0 Å². The molecule has 1 heterocycles. The number of nitrogens with zero attached hydrogens (tertiary/aromatic N) is 2. The van der Waals surface area contributed by atoms with Gasteiger partial charge in [-0.15, -0.1) is 0 Å². The Morgan fingerprint density at radius 2 is 1.56 bits per heavy atom. The summed E-state index contributed by atoms with van der Waals surface area (Å²) in [6.45, 7) is 0.404. The van der Waals surface area contributed by atoms with Crippen molar-refractivity contribution in [2.24, 2.45) is 0 Å². The predicted octanol–water partition coefficient (Wildman–Crippen LogP) is 3.74. The van der Waals surface area contributed by atoms with E-state index in [9.17, 15) is 5.11 Å². The molecule has 4 aliphatic carbocycles. The van der Waals surface area contributed by atoms with Crippen LogP contribution in [0.2, 0.25) is 0 Å². The quantitative estimate of drug-likeness (QED) is 0.794. The molecule has 0 fully saturated rings. The van der Waals surface area contributed by atoms with Gasteiger partial charge in [0.05, 0.1) is 5.69 Å². The Morgan fingerprint density at radius 1 is 0.920 bits per heavy atom. The Morgan fingerprint density at radius 3 is 2.24 bits per heavy atom. The van der Waals surface area contributed by atoms with Crippen molar-refractivity contribution in [1.29, 1.82) is 0 Å². The summed E-state index contributed by atoms with van der Waals surface area (Å²) in [6.07, 6.45) is 5.45. The third-order valence-corrected chi connectivity index (χ3v) is 4.89. The average molecular weight is 334 g/mol. The minimum Gasteiger partial charge on any atom is -0.507 e. The number of methoxy groups -OCH3 is 1. The van der Waals surface area contributed by atoms with Crippen LogP contribution in [0.5, 0.6) is 5.75 Å². The summed E-state index contributed by atoms with van der Waals surface area (Å²) in [7, 11) is 1.65. The number of aryl methyl sites for hydroxylation is 4. The molecule has 25 heavy (non-hydrogen) atoms. The molecule has 0 aliphatic heterocycles. The molecule has 0 radical (unpaired) electrons. The minimum absolute atomic E-state index is 0.371. The third-order valence-electron chi connectivity index (χ3n) is 4.89. The van der Waals surface area contributed by atoms with Crippen LogP contribution in [-0.2, 0) is 37.2 Å². The number of aromatic hydroxyl groups is 1. The lowest BCUT2D eigenvalue weighted by molar-refractivity contribution is 0.121. The molecule has 4 bridgehead atoms. The minimum atomic E-state index is 0.371. The summed E-state index contributed by atoms with van der Waals surface area (Å²) in [5.74, 6) is 0.371. The molecular weight excluding hydrogens is 312 g/mol. The number of ether oxygens (including phenoxy) is 1. The molecule has 1 N–H and O–H groups in total. The smallest absolute Gasteiger partial charge is 0.138 e. The zero-order valence-electron chi connectivity index (χ0n) is 14.4. The first-order valence-electron chi connectivity index (χ1n) is 8.69. The van der Waals surface area contributed by atoms with Crippen molar-refractivity contribution in [3.05, 3.63) is 70.9 Å². The predicted molar refractivity (Wildman–Crippen MR) is 97.6 cm³/mol. The Balaban J connectivity index is 1.78. The van der Waals surface area contributed by atoms with Gasteiger partial charge in [0.1, 0.15) is 12.5 Å². The number of aromatic nitrogens is 2. The molecule has 0 atom stereocenters. The lowest BCUT2D eigenvalue weighted by Gasteiger charge is -2.16. The molecule has 4 aliphatic rings. The van der Waals surface area contributed by atoms with E-state index in [0.29, 0.717) is 12.5 Å². The highest BCUT2D eigenvalue weighted by atomic mass is 16.5. The highest BCUT2D eigenvalue weighted by molar-refractivity contribution is 5.72. The van der Waals surface area contributed by atoms with Crippen molar-refractivity contribution in [2.75, 3.05) is 7.11 Å². The van der Waals surface area contributed by atoms with Crippen LogP contribution in [0.25, 0.3) is 11.3 Å². The van der Waals surface area contributed by atoms with Crippen LogP contribution in [0, 0.1) is 0 Å². The topological polar surface area (TPSA) is 47.3 Å². The van der Waals surface area contributed by atoms with Crippen molar-refractivity contribution in [3.8, 4) is 17.0 Å². The van der Waals surface area contributed by atoms with Crippen molar-refractivity contribution < 1.29 is 9.84 Å². The van der Waals surface area contributed by atoms with Crippen molar-refractivity contribution in [2.45, 2.75) is 32.4 Å². The Bertz CT molecular complexity index is 881. The lowest BCUT2D eigenvalue weighted by Crippen LogP contribution is -2.03. The van der Waals surface area contributed by atoms with E-state index in [-0.39, 0.29) is 0 Å². The standard InChI is InChI=1S/C21H22N2O2/c1-25-14-23-13-12-19(22-23)20-17-8-6-15-2-4-16(5-3-15)7-9-18(11-10-17)21(20)24/h2-5,10-13,24H,6-9,14H2,1H3. The Labute approximate surface area is 147 Å². The summed E-state index contributed by atoms with van der Waals surface area (Å²) in [5, 5.41) is 15.5. The van der Waals surface area contributed by atoms with E-state index in [2.05, 4.69) is 41.5 Å². The molecule has 0 saturated carbocycles. The van der Waals surface area contributed by atoms with Gasteiger partial charge >= 0.3 is 0 Å². The molecule has 7 rings (SSSR count). The van der Waals surface area contributed by atoms with Crippen LogP contribution in [0.4, 0.5) is 0 Å². The molecule has 0 amide bonds. The summed E-state index contributed by atoms with van der Waals surface area (Å²) in [4.78, 5) is 0. The zero-order chi connectivity index (χ0) is 17.2. The first kappa shape index (κ1) is 15.9. The van der Waals surface area contributed by atoms with Gasteiger partial charge in [-0.05, 0) is 54.0 Å². The number of rotatable bonds is 3. The van der Waals surface area contributed by atoms with Gasteiger partial charge in [-0.25, -0.2) is 4.68 Å². The second-order valence-electron chi connectivity index (χ2n) is 6.58. The van der Waals surface area contributed by atoms with Gasteiger partial charge in [0.2, 0.25) is 0 Å². The van der Waals surface area contributed by atoms with Crippen LogP contribution in [0.3, 0.4) is 0 Å². The maximum Gasteiger partial charge on any atom is 0.138 e. The first-order valence-corrected chi connectivity index (χ1v) is 8.69. The van der Waals surface area contributed by atoms with Crippen LogP contribution < -0.4 is 0 Å². The molecule has 4 nitrogen and oxygen atoms in total. The van der Waals surface area contributed by atoms with E-state index in [1.165, 1.54) is 11.1 Å². The van der Waals surface area contributed by atoms with E-state index in [1.54, 1.807) is 11.8 Å². The summed E-state index contributed by atoms with van der Waals surface area (Å²) in [6, 6.07) is 15.0. The molecule has 0 saturated heterocycles. The van der Waals surface area contributed by atoms with E-state index < -0.39 is 0 Å². The molecule has 3 aromatic rings. The van der Waals surface area contributed by atoms with E-state index in [1.807, 2.05) is 12.3 Å². The molecule has 2 aromatic carbocycles. The summed E-state index contributed by atoms with van der Waals surface area (Å²) in [5.41, 5.74) is 6.40. The SMILES string of the molecule is COCn1ccc(-c2c3ccc(c2O)CCc2ccc(cc2)CC3)n1. The van der Waals surface area contributed by atoms with Gasteiger partial charge in [-0.3, -0.25) is 0 Å². The normalized spacial score (nSPS) is 13.6. The molecular formula is C21H22N2O2. The molecule has 0 unspecified atom stereocenters. The molecule has 4 heteroatoms. The third kappa shape index (κ3) is 3.17. The van der Waals surface area contributed by atoms with E-state index >= 15 is 0 Å². The monoisotopic (exact) mass is 334 g/mol. The molecule has 0 spiro atoms. The van der Waals surface area contributed by atoms with Crippen LogP contribution in [0.15, 0.2) is 48.7 Å². The molecule has 1 aromatic heterocycles. The second-order valence-corrected chi connectivity index (χ2v) is 6.58. The average Bonchev–Trinajstić information content (AvgIpc) is 3.06. The number of phenols is 1. The van der Waals surface area contributed by atoms with Gasteiger partial charge in [-0.1, -0.05) is 36.4 Å². The summed E-state index contributed by atoms with van der Waals surface area (Å²) >= 11 is 0. The van der Waals surface area contributed by atoms with Crippen molar-refractivity contribution >= 4 is 0 Å². The van der Waals surface area contributed by atoms with E-state index in [0.717, 1.165) is 48.1 Å². The van der Waals surface area contributed by atoms with E-state index in [4.69, 9.17) is 4.74 Å². The van der Waals surface area contributed by atoms with Gasteiger partial charge in [-0.2, -0.15) is 5.10 Å². The maximum atomic E-state index is 10.9. The number of hydrogen-bond acceptors (Lipinski definition) is 3. The first-order chi connectivity index (χ1) is 12.2. The van der Waals surface area contributed by atoms with Crippen molar-refractivity contribution in [3.63, 3.8) is 0 Å². The van der Waals surface area contributed by atoms with Crippen LogP contribution in [0.1, 0.15) is 22.3 Å². The number of phenolic OH excluding ortho intramolecular Hbond substituents is 1. The highest BCUT2D eigenvalue weighted by Gasteiger charge is 2.17. The fourth-order valence-corrected chi connectivity index (χ4v) is 3.50. The number of hydrogen-bond donors (Lipinski definition) is 1. The van der Waals surface area contributed by atoms with Gasteiger partial charge in [0.25, 0.3) is 0 Å².